The SMILES string of the molecule is COc1cc(CBr)cc(OC)c1OCc1ccsc1. The summed E-state index contributed by atoms with van der Waals surface area (Å²) in [6, 6.07) is 5.93. The molecule has 0 saturated carbocycles. The maximum Gasteiger partial charge on any atom is 0.203 e. The van der Waals surface area contributed by atoms with Crippen molar-refractivity contribution >= 4 is 27.3 Å². The van der Waals surface area contributed by atoms with Crippen molar-refractivity contribution in [1.82, 2.24) is 0 Å². The molecular formula is C14H15BrO3S. The topological polar surface area (TPSA) is 27.7 Å². The van der Waals surface area contributed by atoms with Crippen LogP contribution in [0.1, 0.15) is 11.1 Å². The van der Waals surface area contributed by atoms with Crippen LogP contribution in [0.15, 0.2) is 29.0 Å². The quantitative estimate of drug-likeness (QED) is 0.735. The number of halogens is 1. The maximum absolute atomic E-state index is 5.84. The lowest BCUT2D eigenvalue weighted by atomic mass is 10.2. The lowest BCUT2D eigenvalue weighted by Crippen LogP contribution is -2.00. The van der Waals surface area contributed by atoms with Crippen molar-refractivity contribution in [2.45, 2.75) is 11.9 Å². The van der Waals surface area contributed by atoms with E-state index in [4.69, 9.17) is 14.2 Å². The van der Waals surface area contributed by atoms with Crippen LogP contribution in [0.25, 0.3) is 0 Å². The van der Waals surface area contributed by atoms with Crippen LogP contribution in [0.3, 0.4) is 0 Å². The number of hydrogen-bond donors (Lipinski definition) is 0. The first kappa shape index (κ1) is 14.2. The van der Waals surface area contributed by atoms with Crippen molar-refractivity contribution in [2.24, 2.45) is 0 Å². The summed E-state index contributed by atoms with van der Waals surface area (Å²) in [7, 11) is 3.26. The Balaban J connectivity index is 2.26. The van der Waals surface area contributed by atoms with E-state index in [2.05, 4.69) is 21.3 Å². The Labute approximate surface area is 125 Å². The highest BCUT2D eigenvalue weighted by atomic mass is 79.9. The van der Waals surface area contributed by atoms with Crippen molar-refractivity contribution in [3.8, 4) is 17.2 Å². The van der Waals surface area contributed by atoms with Crippen molar-refractivity contribution in [2.75, 3.05) is 14.2 Å². The number of hydrogen-bond acceptors (Lipinski definition) is 4. The van der Waals surface area contributed by atoms with Gasteiger partial charge < -0.3 is 14.2 Å². The highest BCUT2D eigenvalue weighted by Gasteiger charge is 2.14. The summed E-state index contributed by atoms with van der Waals surface area (Å²) < 4.78 is 16.6. The van der Waals surface area contributed by atoms with Crippen molar-refractivity contribution in [1.29, 1.82) is 0 Å². The average molecular weight is 343 g/mol. The van der Waals surface area contributed by atoms with E-state index in [1.165, 1.54) is 0 Å². The van der Waals surface area contributed by atoms with Gasteiger partial charge in [-0.3, -0.25) is 0 Å². The van der Waals surface area contributed by atoms with Crippen LogP contribution in [0, 0.1) is 0 Å². The summed E-state index contributed by atoms with van der Waals surface area (Å²) in [5, 5.41) is 4.83. The van der Waals surface area contributed by atoms with Gasteiger partial charge in [0.05, 0.1) is 14.2 Å². The number of rotatable bonds is 6. The predicted molar refractivity (Wildman–Crippen MR) is 80.8 cm³/mol. The van der Waals surface area contributed by atoms with Crippen LogP contribution < -0.4 is 14.2 Å². The minimum absolute atomic E-state index is 0.504. The third-order valence-corrected chi connectivity index (χ3v) is 4.02. The second-order valence-corrected chi connectivity index (χ2v) is 5.22. The fourth-order valence-corrected chi connectivity index (χ4v) is 2.66. The molecule has 5 heteroatoms. The molecule has 0 radical (unpaired) electrons. The molecule has 19 heavy (non-hydrogen) atoms. The Hall–Kier alpha value is -1.20. The smallest absolute Gasteiger partial charge is 0.203 e. The minimum Gasteiger partial charge on any atom is -0.493 e. The van der Waals surface area contributed by atoms with E-state index < -0.39 is 0 Å². The second kappa shape index (κ2) is 6.82. The zero-order valence-corrected chi connectivity index (χ0v) is 13.2. The zero-order chi connectivity index (χ0) is 13.7. The van der Waals surface area contributed by atoms with Gasteiger partial charge in [0.15, 0.2) is 11.5 Å². The Morgan fingerprint density at radius 3 is 2.26 bits per heavy atom. The molecule has 0 bridgehead atoms. The first-order valence-electron chi connectivity index (χ1n) is 5.73. The Morgan fingerprint density at radius 1 is 1.11 bits per heavy atom. The van der Waals surface area contributed by atoms with Crippen LogP contribution in [0.4, 0.5) is 0 Å². The van der Waals surface area contributed by atoms with Gasteiger partial charge in [0, 0.05) is 5.33 Å². The van der Waals surface area contributed by atoms with Gasteiger partial charge in [-0.05, 0) is 40.1 Å². The molecule has 0 fully saturated rings. The first-order valence-corrected chi connectivity index (χ1v) is 7.79. The summed E-state index contributed by atoms with van der Waals surface area (Å²) in [6.45, 7) is 0.504. The largest absolute Gasteiger partial charge is 0.493 e. The van der Waals surface area contributed by atoms with E-state index in [0.29, 0.717) is 23.9 Å². The fraction of sp³-hybridized carbons (Fsp3) is 0.286. The first-order chi connectivity index (χ1) is 9.28. The van der Waals surface area contributed by atoms with Crippen LogP contribution >= 0.6 is 27.3 Å². The Bertz CT molecular complexity index is 500. The van der Waals surface area contributed by atoms with E-state index in [1.54, 1.807) is 25.6 Å². The van der Waals surface area contributed by atoms with Gasteiger partial charge in [0.1, 0.15) is 6.61 Å². The molecule has 0 saturated heterocycles. The maximum atomic E-state index is 5.84. The highest BCUT2D eigenvalue weighted by molar-refractivity contribution is 9.08. The number of alkyl halides is 1. The summed E-state index contributed by atoms with van der Waals surface area (Å²) in [5.74, 6) is 2.01. The van der Waals surface area contributed by atoms with Gasteiger partial charge in [0.25, 0.3) is 0 Å². The second-order valence-electron chi connectivity index (χ2n) is 3.88. The standard InChI is InChI=1S/C14H15BrO3S/c1-16-12-5-11(7-15)6-13(17-2)14(12)18-8-10-3-4-19-9-10/h3-6,9H,7-8H2,1-2H3. The van der Waals surface area contributed by atoms with Crippen molar-refractivity contribution in [3.05, 3.63) is 40.1 Å². The lowest BCUT2D eigenvalue weighted by molar-refractivity contribution is 0.266. The van der Waals surface area contributed by atoms with Gasteiger partial charge in [-0.15, -0.1) is 0 Å². The van der Waals surface area contributed by atoms with E-state index in [0.717, 1.165) is 16.5 Å². The lowest BCUT2D eigenvalue weighted by Gasteiger charge is -2.15. The molecule has 3 nitrogen and oxygen atoms in total. The van der Waals surface area contributed by atoms with Crippen LogP contribution in [0.5, 0.6) is 17.2 Å². The summed E-state index contributed by atoms with van der Waals surface area (Å²) in [4.78, 5) is 0. The van der Waals surface area contributed by atoms with Crippen LogP contribution in [-0.2, 0) is 11.9 Å². The fourth-order valence-electron chi connectivity index (χ4n) is 1.68. The van der Waals surface area contributed by atoms with Gasteiger partial charge in [-0.25, -0.2) is 0 Å². The van der Waals surface area contributed by atoms with E-state index in [1.807, 2.05) is 23.6 Å². The average Bonchev–Trinajstić information content (AvgIpc) is 2.97. The molecule has 0 aliphatic heterocycles. The number of methoxy groups -OCH3 is 2. The molecular weight excluding hydrogens is 328 g/mol. The highest BCUT2D eigenvalue weighted by Crippen LogP contribution is 2.39. The van der Waals surface area contributed by atoms with Gasteiger partial charge in [-0.2, -0.15) is 11.3 Å². The zero-order valence-electron chi connectivity index (χ0n) is 10.8. The van der Waals surface area contributed by atoms with E-state index in [-0.39, 0.29) is 0 Å². The van der Waals surface area contributed by atoms with Gasteiger partial charge in [0.2, 0.25) is 5.75 Å². The molecule has 0 unspecified atom stereocenters. The molecule has 0 aliphatic carbocycles. The summed E-state index contributed by atoms with van der Waals surface area (Å²) >= 11 is 5.08. The molecule has 0 amide bonds. The van der Waals surface area contributed by atoms with E-state index in [9.17, 15) is 0 Å². The monoisotopic (exact) mass is 342 g/mol. The van der Waals surface area contributed by atoms with Gasteiger partial charge >= 0.3 is 0 Å². The predicted octanol–water partition coefficient (Wildman–Crippen LogP) is 4.24. The molecule has 2 aromatic rings. The van der Waals surface area contributed by atoms with Crippen LogP contribution in [0.2, 0.25) is 0 Å². The molecule has 1 aromatic carbocycles. The molecule has 0 N–H and O–H groups in total. The van der Waals surface area contributed by atoms with Crippen molar-refractivity contribution < 1.29 is 14.2 Å². The number of ether oxygens (including phenoxy) is 3. The minimum atomic E-state index is 0.504. The normalized spacial score (nSPS) is 10.3. The van der Waals surface area contributed by atoms with Crippen LogP contribution in [-0.4, -0.2) is 14.2 Å². The molecule has 2 rings (SSSR count). The number of thiophene rings is 1. The summed E-state index contributed by atoms with van der Waals surface area (Å²) in [6.07, 6.45) is 0. The molecule has 1 heterocycles. The van der Waals surface area contributed by atoms with Crippen molar-refractivity contribution in [3.63, 3.8) is 0 Å². The summed E-state index contributed by atoms with van der Waals surface area (Å²) in [5.41, 5.74) is 2.22. The Morgan fingerprint density at radius 2 is 1.79 bits per heavy atom. The molecule has 1 aromatic heterocycles. The number of benzene rings is 1. The third-order valence-electron chi connectivity index (χ3n) is 2.64. The molecule has 0 atom stereocenters. The molecule has 0 spiro atoms. The van der Waals surface area contributed by atoms with E-state index >= 15 is 0 Å². The third kappa shape index (κ3) is 3.42. The molecule has 102 valence electrons. The Kier molecular flexibility index (Phi) is 5.10. The molecule has 0 aliphatic rings. The van der Waals surface area contributed by atoms with Gasteiger partial charge in [-0.1, -0.05) is 15.9 Å².